The lowest BCUT2D eigenvalue weighted by atomic mass is 10.1. The summed E-state index contributed by atoms with van der Waals surface area (Å²) in [6.45, 7) is 3.74. The average Bonchev–Trinajstić information content (AvgIpc) is 3.11. The molecular formula is C21H25FN4O. The topological polar surface area (TPSA) is 56.7 Å². The van der Waals surface area contributed by atoms with Gasteiger partial charge in [0.05, 0.1) is 0 Å². The van der Waals surface area contributed by atoms with Crippen molar-refractivity contribution < 1.29 is 9.18 Å². The van der Waals surface area contributed by atoms with Gasteiger partial charge in [-0.15, -0.1) is 0 Å². The highest BCUT2D eigenvalue weighted by Gasteiger charge is 2.21. The van der Waals surface area contributed by atoms with E-state index < -0.39 is 0 Å². The van der Waals surface area contributed by atoms with Crippen LogP contribution < -0.4 is 15.5 Å². The number of carbonyl (C=O) groups is 1. The lowest BCUT2D eigenvalue weighted by Crippen LogP contribution is -2.36. The number of halogens is 1. The predicted molar refractivity (Wildman–Crippen MR) is 106 cm³/mol. The summed E-state index contributed by atoms with van der Waals surface area (Å²) in [5.74, 6) is 0.678. The number of guanidine groups is 1. The number of rotatable bonds is 5. The molecule has 0 radical (unpaired) electrons. The standard InChI is InChI=1S/C21H25FN4O/c1-15-12-17(7-10-19(15)22)14-25-21(23-2)24-13-16-5-8-18(9-6-16)26-11-3-4-20(26)27/h5-10,12H,3-4,11,13-14H2,1-2H3,(H2,23,24,25). The second kappa shape index (κ2) is 8.66. The van der Waals surface area contributed by atoms with E-state index in [1.807, 2.05) is 35.2 Å². The first-order valence-electron chi connectivity index (χ1n) is 9.15. The number of benzene rings is 2. The molecule has 2 aromatic rings. The van der Waals surface area contributed by atoms with Crippen LogP contribution >= 0.6 is 0 Å². The zero-order valence-corrected chi connectivity index (χ0v) is 15.8. The van der Waals surface area contributed by atoms with Crippen LogP contribution in [0.4, 0.5) is 10.1 Å². The molecule has 1 amide bonds. The predicted octanol–water partition coefficient (Wildman–Crippen LogP) is 3.13. The summed E-state index contributed by atoms with van der Waals surface area (Å²) in [5, 5.41) is 6.49. The van der Waals surface area contributed by atoms with Gasteiger partial charge in [0, 0.05) is 38.8 Å². The van der Waals surface area contributed by atoms with E-state index in [-0.39, 0.29) is 11.7 Å². The summed E-state index contributed by atoms with van der Waals surface area (Å²) in [4.78, 5) is 17.9. The molecule has 1 aliphatic rings. The molecule has 1 heterocycles. The van der Waals surface area contributed by atoms with Crippen LogP contribution in [0.15, 0.2) is 47.5 Å². The summed E-state index contributed by atoms with van der Waals surface area (Å²) in [5.41, 5.74) is 3.69. The molecule has 3 rings (SSSR count). The van der Waals surface area contributed by atoms with Gasteiger partial charge in [0.2, 0.25) is 5.91 Å². The summed E-state index contributed by atoms with van der Waals surface area (Å²) in [6.07, 6.45) is 1.57. The van der Waals surface area contributed by atoms with Gasteiger partial charge in [0.1, 0.15) is 5.82 Å². The molecule has 0 aliphatic carbocycles. The van der Waals surface area contributed by atoms with Gasteiger partial charge in [-0.1, -0.05) is 24.3 Å². The van der Waals surface area contributed by atoms with Gasteiger partial charge in [-0.25, -0.2) is 4.39 Å². The first-order chi connectivity index (χ1) is 13.1. The molecule has 27 heavy (non-hydrogen) atoms. The van der Waals surface area contributed by atoms with E-state index in [1.54, 1.807) is 20.0 Å². The van der Waals surface area contributed by atoms with Crippen LogP contribution in [0.1, 0.15) is 29.5 Å². The number of nitrogens with one attached hydrogen (secondary N) is 2. The fourth-order valence-electron chi connectivity index (χ4n) is 3.12. The van der Waals surface area contributed by atoms with Crippen LogP contribution in [0.5, 0.6) is 0 Å². The van der Waals surface area contributed by atoms with E-state index in [0.717, 1.165) is 29.8 Å². The van der Waals surface area contributed by atoms with Gasteiger partial charge in [-0.2, -0.15) is 0 Å². The van der Waals surface area contributed by atoms with E-state index in [1.165, 1.54) is 6.07 Å². The van der Waals surface area contributed by atoms with Gasteiger partial charge in [0.15, 0.2) is 5.96 Å². The van der Waals surface area contributed by atoms with Crippen molar-refractivity contribution in [2.24, 2.45) is 4.99 Å². The minimum absolute atomic E-state index is 0.194. The van der Waals surface area contributed by atoms with Gasteiger partial charge in [-0.05, 0) is 48.2 Å². The number of anilines is 1. The minimum atomic E-state index is -0.194. The molecule has 6 heteroatoms. The van der Waals surface area contributed by atoms with Gasteiger partial charge in [-0.3, -0.25) is 9.79 Å². The van der Waals surface area contributed by atoms with Gasteiger partial charge >= 0.3 is 0 Å². The quantitative estimate of drug-likeness (QED) is 0.630. The number of carbonyl (C=O) groups excluding carboxylic acids is 1. The third kappa shape index (κ3) is 4.84. The first-order valence-corrected chi connectivity index (χ1v) is 9.15. The van der Waals surface area contributed by atoms with E-state index in [0.29, 0.717) is 31.0 Å². The molecule has 1 saturated heterocycles. The number of amides is 1. The maximum Gasteiger partial charge on any atom is 0.227 e. The maximum atomic E-state index is 13.3. The molecule has 1 fully saturated rings. The number of aryl methyl sites for hydroxylation is 1. The Balaban J connectivity index is 1.51. The highest BCUT2D eigenvalue weighted by molar-refractivity contribution is 5.95. The fourth-order valence-corrected chi connectivity index (χ4v) is 3.12. The van der Waals surface area contributed by atoms with Crippen LogP contribution in [0.25, 0.3) is 0 Å². The Labute approximate surface area is 159 Å². The van der Waals surface area contributed by atoms with Crippen molar-refractivity contribution in [2.45, 2.75) is 32.9 Å². The number of aliphatic imine (C=N–C) groups is 1. The van der Waals surface area contributed by atoms with Gasteiger partial charge in [0.25, 0.3) is 0 Å². The van der Waals surface area contributed by atoms with E-state index in [2.05, 4.69) is 15.6 Å². The molecule has 1 aliphatic heterocycles. The minimum Gasteiger partial charge on any atom is -0.352 e. The number of hydrogen-bond donors (Lipinski definition) is 2. The SMILES string of the molecule is CN=C(NCc1ccc(N2CCCC2=O)cc1)NCc1ccc(F)c(C)c1. The normalized spacial score (nSPS) is 14.6. The third-order valence-corrected chi connectivity index (χ3v) is 4.69. The van der Waals surface area contributed by atoms with Crippen LogP contribution in [0.2, 0.25) is 0 Å². The fraction of sp³-hybridized carbons (Fsp3) is 0.333. The Bertz CT molecular complexity index is 833. The lowest BCUT2D eigenvalue weighted by Gasteiger charge is -2.16. The van der Waals surface area contributed by atoms with Crippen LogP contribution in [-0.2, 0) is 17.9 Å². The van der Waals surface area contributed by atoms with Crippen molar-refractivity contribution in [3.63, 3.8) is 0 Å². The molecule has 0 atom stereocenters. The summed E-state index contributed by atoms with van der Waals surface area (Å²) in [7, 11) is 1.72. The zero-order chi connectivity index (χ0) is 19.2. The lowest BCUT2D eigenvalue weighted by molar-refractivity contribution is -0.117. The van der Waals surface area contributed by atoms with Crippen molar-refractivity contribution in [1.82, 2.24) is 10.6 Å². The molecular weight excluding hydrogens is 343 g/mol. The van der Waals surface area contributed by atoms with Crippen LogP contribution in [0.3, 0.4) is 0 Å². The Morgan fingerprint density at radius 3 is 2.37 bits per heavy atom. The average molecular weight is 368 g/mol. The first kappa shape index (κ1) is 18.9. The second-order valence-corrected chi connectivity index (χ2v) is 6.68. The van der Waals surface area contributed by atoms with E-state index in [4.69, 9.17) is 0 Å². The molecule has 0 aromatic heterocycles. The van der Waals surface area contributed by atoms with Crippen molar-refractivity contribution in [1.29, 1.82) is 0 Å². The largest absolute Gasteiger partial charge is 0.352 e. The highest BCUT2D eigenvalue weighted by atomic mass is 19.1. The molecule has 0 unspecified atom stereocenters. The Hall–Kier alpha value is -2.89. The Kier molecular flexibility index (Phi) is 6.06. The molecule has 142 valence electrons. The molecule has 5 nitrogen and oxygen atoms in total. The smallest absolute Gasteiger partial charge is 0.227 e. The Morgan fingerprint density at radius 2 is 1.78 bits per heavy atom. The molecule has 0 saturated carbocycles. The molecule has 0 bridgehead atoms. The van der Waals surface area contributed by atoms with Crippen molar-refractivity contribution in [3.05, 3.63) is 65.0 Å². The van der Waals surface area contributed by atoms with Crippen LogP contribution in [-0.4, -0.2) is 25.5 Å². The van der Waals surface area contributed by atoms with Crippen LogP contribution in [0, 0.1) is 12.7 Å². The zero-order valence-electron chi connectivity index (χ0n) is 15.8. The maximum absolute atomic E-state index is 13.3. The van der Waals surface area contributed by atoms with Crippen molar-refractivity contribution >= 4 is 17.6 Å². The number of hydrogen-bond acceptors (Lipinski definition) is 2. The van der Waals surface area contributed by atoms with Crippen molar-refractivity contribution in [3.8, 4) is 0 Å². The molecule has 0 spiro atoms. The third-order valence-electron chi connectivity index (χ3n) is 4.69. The monoisotopic (exact) mass is 368 g/mol. The van der Waals surface area contributed by atoms with E-state index in [9.17, 15) is 9.18 Å². The molecule has 2 aromatic carbocycles. The van der Waals surface area contributed by atoms with Gasteiger partial charge < -0.3 is 15.5 Å². The second-order valence-electron chi connectivity index (χ2n) is 6.68. The Morgan fingerprint density at radius 1 is 1.11 bits per heavy atom. The summed E-state index contributed by atoms with van der Waals surface area (Å²) >= 11 is 0. The van der Waals surface area contributed by atoms with E-state index >= 15 is 0 Å². The highest BCUT2D eigenvalue weighted by Crippen LogP contribution is 2.21. The summed E-state index contributed by atoms with van der Waals surface area (Å²) in [6, 6.07) is 13.1. The molecule has 2 N–H and O–H groups in total. The van der Waals surface area contributed by atoms with Crippen molar-refractivity contribution in [2.75, 3.05) is 18.5 Å². The number of nitrogens with zero attached hydrogens (tertiary/aromatic N) is 2. The summed E-state index contributed by atoms with van der Waals surface area (Å²) < 4.78 is 13.3.